The van der Waals surface area contributed by atoms with E-state index in [1.165, 1.54) is 25.7 Å². The number of aliphatic carboxylic acids is 2. The lowest BCUT2D eigenvalue weighted by molar-refractivity contribution is -0.139. The van der Waals surface area contributed by atoms with Crippen molar-refractivity contribution in [3.05, 3.63) is 0 Å². The van der Waals surface area contributed by atoms with Crippen molar-refractivity contribution in [2.45, 2.75) is 63.1 Å². The van der Waals surface area contributed by atoms with Crippen molar-refractivity contribution in [1.82, 2.24) is 10.6 Å². The Morgan fingerprint density at radius 3 is 2.50 bits per heavy atom. The molecule has 0 aromatic rings. The molecule has 1 aliphatic carbocycles. The standard InChI is InChI=1S/C9H15NO2.C6H14N4O2/c11-9(12)8-5-6-3-1-2-4-7(6)10-8;7-4(5(11)12)2-1-3-10-6(8)9/h6-8,10H,1-5H2,(H,11,12);4H,1-3,7H2,(H,11,12)(H4,8,9,10)/t;4-/m.0/s1. The van der Waals surface area contributed by atoms with Crippen molar-refractivity contribution in [2.24, 2.45) is 17.4 Å². The van der Waals surface area contributed by atoms with Gasteiger partial charge >= 0.3 is 11.9 Å². The number of hydrogen-bond acceptors (Lipinski definition) is 5. The van der Waals surface area contributed by atoms with Crippen LogP contribution >= 0.6 is 0 Å². The van der Waals surface area contributed by atoms with E-state index >= 15 is 0 Å². The maximum absolute atomic E-state index is 10.7. The summed E-state index contributed by atoms with van der Waals surface area (Å²) in [4.78, 5) is 20.9. The first-order valence-electron chi connectivity index (χ1n) is 8.36. The molecule has 0 aromatic carbocycles. The first-order chi connectivity index (χ1) is 11.3. The number of carbonyl (C=O) groups is 2. The Kier molecular flexibility index (Phi) is 8.48. The van der Waals surface area contributed by atoms with Crippen LogP contribution < -0.4 is 22.1 Å². The zero-order valence-corrected chi connectivity index (χ0v) is 13.8. The number of nitrogens with one attached hydrogen (secondary N) is 3. The second-order valence-corrected chi connectivity index (χ2v) is 6.37. The number of rotatable bonds is 6. The summed E-state index contributed by atoms with van der Waals surface area (Å²) in [5.74, 6) is -1.15. The van der Waals surface area contributed by atoms with Crippen LogP contribution in [0.4, 0.5) is 0 Å². The van der Waals surface area contributed by atoms with Crippen molar-refractivity contribution in [2.75, 3.05) is 6.54 Å². The van der Waals surface area contributed by atoms with Gasteiger partial charge in [0.05, 0.1) is 0 Å². The topological polar surface area (TPSA) is 175 Å². The summed E-state index contributed by atoms with van der Waals surface area (Å²) < 4.78 is 0. The first-order valence-corrected chi connectivity index (χ1v) is 8.36. The van der Waals surface area contributed by atoms with Crippen LogP contribution in [0.25, 0.3) is 0 Å². The Hall–Kier alpha value is -1.87. The third-order valence-corrected chi connectivity index (χ3v) is 4.49. The summed E-state index contributed by atoms with van der Waals surface area (Å²) in [5.41, 5.74) is 10.2. The molecule has 9 nitrogen and oxygen atoms in total. The van der Waals surface area contributed by atoms with Gasteiger partial charge < -0.3 is 32.3 Å². The van der Waals surface area contributed by atoms with Crippen molar-refractivity contribution in [3.8, 4) is 0 Å². The normalized spacial score (nSPS) is 26.5. The van der Waals surface area contributed by atoms with Crippen molar-refractivity contribution >= 4 is 17.9 Å². The average Bonchev–Trinajstić information content (AvgIpc) is 2.96. The van der Waals surface area contributed by atoms with Crippen LogP contribution in [0, 0.1) is 11.3 Å². The maximum Gasteiger partial charge on any atom is 0.320 e. The van der Waals surface area contributed by atoms with Gasteiger partial charge in [0, 0.05) is 12.6 Å². The predicted octanol–water partition coefficient (Wildman–Crippen LogP) is -0.347. The molecule has 9 heteroatoms. The summed E-state index contributed by atoms with van der Waals surface area (Å²) in [6, 6.07) is -0.586. The van der Waals surface area contributed by atoms with E-state index in [2.05, 4.69) is 10.6 Å². The molecule has 1 saturated heterocycles. The molecule has 4 atom stereocenters. The molecule has 0 spiro atoms. The highest BCUT2D eigenvalue weighted by molar-refractivity contribution is 5.74. The van der Waals surface area contributed by atoms with Crippen molar-refractivity contribution < 1.29 is 19.8 Å². The van der Waals surface area contributed by atoms with Gasteiger partial charge in [0.25, 0.3) is 0 Å². The van der Waals surface area contributed by atoms with Crippen LogP contribution in [0.5, 0.6) is 0 Å². The van der Waals surface area contributed by atoms with Crippen LogP contribution in [-0.2, 0) is 9.59 Å². The van der Waals surface area contributed by atoms with E-state index in [-0.39, 0.29) is 12.0 Å². The number of fused-ring (bicyclic) bond motifs is 1. The van der Waals surface area contributed by atoms with E-state index in [1.54, 1.807) is 0 Å². The molecular weight excluding hydrogens is 314 g/mol. The zero-order chi connectivity index (χ0) is 18.1. The molecule has 3 unspecified atom stereocenters. The van der Waals surface area contributed by atoms with Crippen LogP contribution in [0.2, 0.25) is 0 Å². The summed E-state index contributed by atoms with van der Waals surface area (Å²) in [6.45, 7) is 0.482. The minimum atomic E-state index is -1.00. The van der Waals surface area contributed by atoms with Gasteiger partial charge in [-0.2, -0.15) is 0 Å². The van der Waals surface area contributed by atoms with Crippen LogP contribution in [0.15, 0.2) is 0 Å². The first kappa shape index (κ1) is 20.2. The zero-order valence-electron chi connectivity index (χ0n) is 13.8. The van der Waals surface area contributed by atoms with Crippen LogP contribution in [-0.4, -0.2) is 52.8 Å². The Morgan fingerprint density at radius 1 is 1.29 bits per heavy atom. The number of hydrogen-bond donors (Lipinski definition) is 7. The minimum Gasteiger partial charge on any atom is -0.480 e. The Balaban J connectivity index is 0.000000240. The fraction of sp³-hybridized carbons (Fsp3) is 0.800. The maximum atomic E-state index is 10.7. The lowest BCUT2D eigenvalue weighted by Gasteiger charge is -2.24. The van der Waals surface area contributed by atoms with Gasteiger partial charge in [-0.3, -0.25) is 15.0 Å². The van der Waals surface area contributed by atoms with Crippen LogP contribution in [0.1, 0.15) is 44.9 Å². The largest absolute Gasteiger partial charge is 0.480 e. The average molecular weight is 343 g/mol. The quantitative estimate of drug-likeness (QED) is 0.194. The second kappa shape index (κ2) is 10.1. The SMILES string of the molecule is N=C(N)NCCC[C@H](N)C(=O)O.O=C(O)C1CC2CCCCC2N1. The van der Waals surface area contributed by atoms with Gasteiger partial charge in [0.2, 0.25) is 0 Å². The predicted molar refractivity (Wildman–Crippen MR) is 89.7 cm³/mol. The summed E-state index contributed by atoms with van der Waals surface area (Å²) in [7, 11) is 0. The molecule has 0 radical (unpaired) electrons. The molecule has 2 fully saturated rings. The molecule has 1 saturated carbocycles. The van der Waals surface area contributed by atoms with Crippen molar-refractivity contribution in [1.29, 1.82) is 5.41 Å². The molecular formula is C15H29N5O4. The van der Waals surface area contributed by atoms with Gasteiger partial charge in [-0.1, -0.05) is 12.8 Å². The molecule has 0 aromatic heterocycles. The van der Waals surface area contributed by atoms with E-state index < -0.39 is 18.0 Å². The number of guanidine groups is 1. The van der Waals surface area contributed by atoms with Gasteiger partial charge in [0.1, 0.15) is 12.1 Å². The van der Waals surface area contributed by atoms with Crippen molar-refractivity contribution in [3.63, 3.8) is 0 Å². The third kappa shape index (κ3) is 7.14. The smallest absolute Gasteiger partial charge is 0.320 e. The Bertz CT molecular complexity index is 432. The molecule has 1 aliphatic heterocycles. The molecule has 9 N–H and O–H groups in total. The number of carboxylic acid groups (broad SMARTS) is 2. The van der Waals surface area contributed by atoms with Gasteiger partial charge in [-0.05, 0) is 38.0 Å². The molecule has 138 valence electrons. The van der Waals surface area contributed by atoms with Gasteiger partial charge in [-0.25, -0.2) is 0 Å². The number of carboxylic acids is 2. The summed E-state index contributed by atoms with van der Waals surface area (Å²) in [5, 5.41) is 29.7. The molecule has 0 amide bonds. The van der Waals surface area contributed by atoms with E-state index in [0.717, 1.165) is 6.42 Å². The lowest BCUT2D eigenvalue weighted by Crippen LogP contribution is -2.36. The minimum absolute atomic E-state index is 0.112. The monoisotopic (exact) mass is 343 g/mol. The van der Waals surface area contributed by atoms with Crippen LogP contribution in [0.3, 0.4) is 0 Å². The fourth-order valence-electron chi connectivity index (χ4n) is 3.18. The highest BCUT2D eigenvalue weighted by Crippen LogP contribution is 2.33. The van der Waals surface area contributed by atoms with E-state index in [9.17, 15) is 9.59 Å². The number of nitrogens with two attached hydrogens (primary N) is 2. The molecule has 2 rings (SSSR count). The molecule has 1 heterocycles. The second-order valence-electron chi connectivity index (χ2n) is 6.37. The fourth-order valence-corrected chi connectivity index (χ4v) is 3.18. The highest BCUT2D eigenvalue weighted by Gasteiger charge is 2.37. The van der Waals surface area contributed by atoms with E-state index in [0.29, 0.717) is 31.3 Å². The van der Waals surface area contributed by atoms with E-state index in [4.69, 9.17) is 27.1 Å². The van der Waals surface area contributed by atoms with Gasteiger partial charge in [-0.15, -0.1) is 0 Å². The molecule has 24 heavy (non-hydrogen) atoms. The summed E-state index contributed by atoms with van der Waals surface area (Å²) >= 11 is 0. The van der Waals surface area contributed by atoms with Gasteiger partial charge in [0.15, 0.2) is 5.96 Å². The third-order valence-electron chi connectivity index (χ3n) is 4.49. The lowest BCUT2D eigenvalue weighted by atomic mass is 9.85. The Labute approximate surface area is 141 Å². The highest BCUT2D eigenvalue weighted by atomic mass is 16.4. The molecule has 0 bridgehead atoms. The Morgan fingerprint density at radius 2 is 1.96 bits per heavy atom. The molecule has 2 aliphatic rings. The summed E-state index contributed by atoms with van der Waals surface area (Å²) in [6.07, 6.45) is 6.77. The van der Waals surface area contributed by atoms with E-state index in [1.807, 2.05) is 0 Å².